The van der Waals surface area contributed by atoms with Crippen molar-refractivity contribution in [3.8, 4) is 0 Å². The van der Waals surface area contributed by atoms with E-state index in [1.54, 1.807) is 0 Å². The van der Waals surface area contributed by atoms with Gasteiger partial charge in [-0.05, 0) is 44.9 Å². The number of unbranched alkanes of at least 4 members (excludes halogenated alkanes) is 52. The summed E-state index contributed by atoms with van der Waals surface area (Å²) in [5.74, 6) is -0.135. The van der Waals surface area contributed by atoms with Crippen molar-refractivity contribution in [2.45, 2.75) is 398 Å². The number of carbonyl (C=O) groups is 1. The fourth-order valence-corrected chi connectivity index (χ4v) is 12.2. The second kappa shape index (κ2) is 64.5. The molecule has 0 aromatic heterocycles. The number of nitrogens with one attached hydrogen (secondary N) is 1. The van der Waals surface area contributed by atoms with Gasteiger partial charge >= 0.3 is 7.82 Å². The molecule has 0 heterocycles. The van der Waals surface area contributed by atoms with Crippen LogP contribution in [0.4, 0.5) is 0 Å². The smallest absolute Gasteiger partial charge is 0.391 e. The average molecular weight is 1180 g/mol. The molecule has 0 saturated heterocycles. The Balaban J connectivity index is 3.96. The normalized spacial score (nSPS) is 13.7. The van der Waals surface area contributed by atoms with Gasteiger partial charge in [-0.25, -0.2) is 4.57 Å². The van der Waals surface area contributed by atoms with E-state index < -0.39 is 20.0 Å². The SMILES string of the molecule is CCCCCCC/C=C\C/C=C\CCCCCCCCCCCCCCCCCCCCCCCC(=O)NC(COP(=O)(O)OCC[N+](C)(C)C)C(O)CCCCCCCCCCCCCCCCCCCCCCCCCCCCC. The first-order valence-electron chi connectivity index (χ1n) is 36.7. The zero-order valence-corrected chi connectivity index (χ0v) is 56.9. The first-order chi connectivity index (χ1) is 40.0. The van der Waals surface area contributed by atoms with E-state index in [-0.39, 0.29) is 19.1 Å². The summed E-state index contributed by atoms with van der Waals surface area (Å²) in [6, 6.07) is -0.760. The van der Waals surface area contributed by atoms with Crippen molar-refractivity contribution in [1.82, 2.24) is 5.32 Å². The maximum absolute atomic E-state index is 13.1. The number of nitrogens with zero attached hydrogens (tertiary/aromatic N) is 1. The summed E-state index contributed by atoms with van der Waals surface area (Å²) in [5.41, 5.74) is 0. The molecule has 0 aromatic carbocycles. The van der Waals surface area contributed by atoms with E-state index in [1.165, 1.54) is 315 Å². The number of hydrogen-bond donors (Lipinski definition) is 3. The third-order valence-electron chi connectivity index (χ3n) is 17.2. The third kappa shape index (κ3) is 66.5. The molecule has 0 rings (SSSR count). The molecule has 8 nitrogen and oxygen atoms in total. The van der Waals surface area contributed by atoms with Gasteiger partial charge in [0.05, 0.1) is 39.9 Å². The van der Waals surface area contributed by atoms with Crippen LogP contribution < -0.4 is 5.32 Å². The van der Waals surface area contributed by atoms with Crippen LogP contribution in [-0.2, 0) is 18.4 Å². The standard InChI is InChI=1S/C73H145N2O6P/c1-6-8-10-12-14-16-18-20-22-24-26-28-30-32-34-35-36-37-38-39-41-43-45-47-49-51-53-55-57-59-61-63-65-67-73(77)74-71(70-81-82(78,79)80-69-68-75(3,4)5)72(76)66-64-62-60-58-56-54-52-50-48-46-44-42-40-33-31-29-27-25-23-21-19-17-15-13-11-9-7-2/h18,20,24,26,71-72,76H,6-17,19,21-23,25,27-70H2,1-5H3,(H-,74,77,78,79)/p+1/b20-18-,26-24-. The lowest BCUT2D eigenvalue weighted by atomic mass is 10.0. The molecule has 3 unspecified atom stereocenters. The van der Waals surface area contributed by atoms with E-state index in [9.17, 15) is 19.4 Å². The van der Waals surface area contributed by atoms with Gasteiger partial charge in [0.25, 0.3) is 0 Å². The van der Waals surface area contributed by atoms with E-state index in [4.69, 9.17) is 9.05 Å². The summed E-state index contributed by atoms with van der Waals surface area (Å²) >= 11 is 0. The first kappa shape index (κ1) is 81.0. The highest BCUT2D eigenvalue weighted by Crippen LogP contribution is 2.43. The Bertz CT molecular complexity index is 1390. The molecule has 0 spiro atoms. The topological polar surface area (TPSA) is 105 Å². The van der Waals surface area contributed by atoms with Gasteiger partial charge in [-0.1, -0.05) is 359 Å². The number of rotatable bonds is 69. The Labute approximate surface area is 513 Å². The second-order valence-corrected chi connectivity index (χ2v) is 28.1. The summed E-state index contributed by atoms with van der Waals surface area (Å²) < 4.78 is 23.9. The summed E-state index contributed by atoms with van der Waals surface area (Å²) in [6.45, 7) is 4.95. The highest BCUT2D eigenvalue weighted by atomic mass is 31.2. The van der Waals surface area contributed by atoms with Crippen molar-refractivity contribution in [2.24, 2.45) is 0 Å². The number of carbonyl (C=O) groups excluding carboxylic acids is 1. The fraction of sp³-hybridized carbons (Fsp3) is 0.932. The quantitative estimate of drug-likeness (QED) is 0.0243. The maximum Gasteiger partial charge on any atom is 0.472 e. The van der Waals surface area contributed by atoms with Crippen LogP contribution in [0.5, 0.6) is 0 Å². The number of aliphatic hydroxyl groups excluding tert-OH is 1. The monoisotopic (exact) mass is 1180 g/mol. The molecule has 488 valence electrons. The molecule has 0 aliphatic heterocycles. The number of hydrogen-bond acceptors (Lipinski definition) is 5. The fourth-order valence-electron chi connectivity index (χ4n) is 11.5. The summed E-state index contributed by atoms with van der Waals surface area (Å²) in [4.78, 5) is 23.5. The van der Waals surface area contributed by atoms with E-state index in [1.807, 2.05) is 21.1 Å². The van der Waals surface area contributed by atoms with Crippen LogP contribution in [0.15, 0.2) is 24.3 Å². The molecule has 0 aliphatic rings. The van der Waals surface area contributed by atoms with Crippen molar-refractivity contribution in [3.05, 3.63) is 24.3 Å². The van der Waals surface area contributed by atoms with Gasteiger partial charge in [-0.15, -0.1) is 0 Å². The van der Waals surface area contributed by atoms with Gasteiger partial charge in [0, 0.05) is 6.42 Å². The number of amides is 1. The van der Waals surface area contributed by atoms with Gasteiger partial charge in [-0.2, -0.15) is 0 Å². The van der Waals surface area contributed by atoms with Crippen LogP contribution in [0.1, 0.15) is 386 Å². The summed E-state index contributed by atoms with van der Waals surface area (Å²) in [5, 5.41) is 14.2. The number of likely N-dealkylation sites (N-methyl/N-ethyl adjacent to an activating group) is 1. The Morgan fingerprint density at radius 2 is 0.695 bits per heavy atom. The van der Waals surface area contributed by atoms with E-state index >= 15 is 0 Å². The molecule has 0 bridgehead atoms. The lowest BCUT2D eigenvalue weighted by molar-refractivity contribution is -0.870. The summed E-state index contributed by atoms with van der Waals surface area (Å²) in [7, 11) is 1.64. The van der Waals surface area contributed by atoms with Crippen LogP contribution in [0.25, 0.3) is 0 Å². The van der Waals surface area contributed by atoms with Crippen LogP contribution >= 0.6 is 7.82 Å². The molecule has 9 heteroatoms. The van der Waals surface area contributed by atoms with Crippen molar-refractivity contribution >= 4 is 13.7 Å². The average Bonchev–Trinajstić information content (AvgIpc) is 3.47. The predicted molar refractivity (Wildman–Crippen MR) is 360 cm³/mol. The molecule has 0 saturated carbocycles. The van der Waals surface area contributed by atoms with Crippen LogP contribution in [-0.4, -0.2) is 73.4 Å². The molecular weight excluding hydrogens is 1030 g/mol. The minimum Gasteiger partial charge on any atom is -0.391 e. The lowest BCUT2D eigenvalue weighted by Crippen LogP contribution is -2.46. The molecule has 0 radical (unpaired) electrons. The largest absolute Gasteiger partial charge is 0.472 e. The number of allylic oxidation sites excluding steroid dienone is 4. The van der Waals surface area contributed by atoms with Crippen LogP contribution in [0.2, 0.25) is 0 Å². The van der Waals surface area contributed by atoms with E-state index in [0.29, 0.717) is 23.9 Å². The van der Waals surface area contributed by atoms with E-state index in [0.717, 1.165) is 44.9 Å². The number of phosphoric acid groups is 1. The number of quaternary nitrogens is 1. The summed E-state index contributed by atoms with van der Waals surface area (Å²) in [6.07, 6.45) is 84.4. The molecule has 0 fully saturated rings. The zero-order valence-electron chi connectivity index (χ0n) is 56.0. The molecule has 3 N–H and O–H groups in total. The van der Waals surface area contributed by atoms with Crippen molar-refractivity contribution in [1.29, 1.82) is 0 Å². The molecule has 3 atom stereocenters. The maximum atomic E-state index is 13.1. The highest BCUT2D eigenvalue weighted by molar-refractivity contribution is 7.47. The Hall–Kier alpha value is -1.02. The zero-order chi connectivity index (χ0) is 59.8. The molecule has 0 aromatic rings. The Morgan fingerprint density at radius 1 is 0.415 bits per heavy atom. The second-order valence-electron chi connectivity index (χ2n) is 26.7. The van der Waals surface area contributed by atoms with Crippen LogP contribution in [0, 0.1) is 0 Å². The van der Waals surface area contributed by atoms with Gasteiger partial charge < -0.3 is 19.8 Å². The number of phosphoric ester groups is 1. The van der Waals surface area contributed by atoms with Gasteiger partial charge in [0.1, 0.15) is 13.2 Å². The van der Waals surface area contributed by atoms with Gasteiger partial charge in [0.15, 0.2) is 0 Å². The van der Waals surface area contributed by atoms with Crippen molar-refractivity contribution < 1.29 is 32.9 Å². The molecular formula is C73H146N2O6P+. The first-order valence-corrected chi connectivity index (χ1v) is 38.2. The van der Waals surface area contributed by atoms with Crippen LogP contribution in [0.3, 0.4) is 0 Å². The van der Waals surface area contributed by atoms with Crippen molar-refractivity contribution in [2.75, 3.05) is 40.9 Å². The lowest BCUT2D eigenvalue weighted by Gasteiger charge is -2.26. The van der Waals surface area contributed by atoms with Gasteiger partial charge in [-0.3, -0.25) is 13.8 Å². The Kier molecular flexibility index (Phi) is 63.7. The minimum atomic E-state index is -4.33. The van der Waals surface area contributed by atoms with E-state index in [2.05, 4.69) is 43.5 Å². The number of aliphatic hydroxyl groups is 1. The molecule has 0 aliphatic carbocycles. The minimum absolute atomic E-state index is 0.0778. The predicted octanol–water partition coefficient (Wildman–Crippen LogP) is 23.4. The highest BCUT2D eigenvalue weighted by Gasteiger charge is 2.28. The van der Waals surface area contributed by atoms with Gasteiger partial charge in [0.2, 0.25) is 5.91 Å². The Morgan fingerprint density at radius 3 is 1.00 bits per heavy atom. The van der Waals surface area contributed by atoms with Crippen molar-refractivity contribution in [3.63, 3.8) is 0 Å². The molecule has 1 amide bonds. The molecule has 82 heavy (non-hydrogen) atoms. The third-order valence-corrected chi connectivity index (χ3v) is 18.2.